The van der Waals surface area contributed by atoms with Crippen molar-refractivity contribution in [2.75, 3.05) is 0 Å². The first kappa shape index (κ1) is 17.7. The molecule has 7 rings (SSSR count). The van der Waals surface area contributed by atoms with Gasteiger partial charge < -0.3 is 0 Å². The SMILES string of the molecule is c1ccc(-c2cnn3c2n2ncc(-c4cncnc4)c2n2ncc(-c4cncnc4)c32)cc1. The van der Waals surface area contributed by atoms with Gasteiger partial charge in [-0.15, -0.1) is 0 Å². The van der Waals surface area contributed by atoms with Crippen molar-refractivity contribution in [1.82, 2.24) is 48.8 Å². The van der Waals surface area contributed by atoms with Crippen molar-refractivity contribution in [1.29, 1.82) is 0 Å². The summed E-state index contributed by atoms with van der Waals surface area (Å²) in [6, 6.07) is 10.1. The van der Waals surface area contributed by atoms with Crippen LogP contribution in [0.5, 0.6) is 0 Å². The fourth-order valence-electron chi connectivity index (χ4n) is 4.21. The summed E-state index contributed by atoms with van der Waals surface area (Å²) >= 11 is 0. The molecule has 0 amide bonds. The molecule has 10 nitrogen and oxygen atoms in total. The molecule has 0 N–H and O–H groups in total. The van der Waals surface area contributed by atoms with Gasteiger partial charge in [0, 0.05) is 52.6 Å². The van der Waals surface area contributed by atoms with Crippen LogP contribution in [-0.4, -0.2) is 48.8 Å². The zero-order valence-corrected chi connectivity index (χ0v) is 17.1. The number of hydrogen-bond donors (Lipinski definition) is 0. The van der Waals surface area contributed by atoms with Gasteiger partial charge in [-0.2, -0.15) is 28.8 Å². The number of benzene rings is 1. The summed E-state index contributed by atoms with van der Waals surface area (Å²) in [6.45, 7) is 0. The van der Waals surface area contributed by atoms with Gasteiger partial charge in [0.15, 0.2) is 16.9 Å². The third kappa shape index (κ3) is 2.51. The van der Waals surface area contributed by atoms with Crippen LogP contribution in [0.1, 0.15) is 0 Å². The monoisotopic (exact) mass is 430 g/mol. The molecular weight excluding hydrogens is 416 g/mol. The largest absolute Gasteiger partial charge is 0.244 e. The van der Waals surface area contributed by atoms with Crippen LogP contribution in [-0.2, 0) is 0 Å². The van der Waals surface area contributed by atoms with Crippen molar-refractivity contribution >= 4 is 16.9 Å². The van der Waals surface area contributed by atoms with Gasteiger partial charge in [-0.05, 0) is 5.56 Å². The van der Waals surface area contributed by atoms with Crippen molar-refractivity contribution in [3.63, 3.8) is 0 Å². The predicted octanol–water partition coefficient (Wildman–Crippen LogP) is 3.21. The smallest absolute Gasteiger partial charge is 0.169 e. The molecule has 0 saturated carbocycles. The van der Waals surface area contributed by atoms with Crippen molar-refractivity contribution in [3.8, 4) is 33.4 Å². The maximum absolute atomic E-state index is 4.74. The van der Waals surface area contributed by atoms with Gasteiger partial charge in [-0.1, -0.05) is 30.3 Å². The highest BCUT2D eigenvalue weighted by molar-refractivity contribution is 5.88. The van der Waals surface area contributed by atoms with Gasteiger partial charge in [-0.25, -0.2) is 19.9 Å². The van der Waals surface area contributed by atoms with Crippen molar-refractivity contribution in [2.45, 2.75) is 0 Å². The normalized spacial score (nSPS) is 11.6. The fraction of sp³-hybridized carbons (Fsp3) is 0. The lowest BCUT2D eigenvalue weighted by atomic mass is 10.1. The minimum absolute atomic E-state index is 0.785. The summed E-state index contributed by atoms with van der Waals surface area (Å²) in [5, 5.41) is 14.2. The highest BCUT2D eigenvalue weighted by atomic mass is 15.4. The van der Waals surface area contributed by atoms with E-state index in [1.807, 2.05) is 44.1 Å². The molecule has 33 heavy (non-hydrogen) atoms. The Morgan fingerprint density at radius 3 is 1.24 bits per heavy atom. The molecule has 1 aromatic carbocycles. The third-order valence-electron chi connectivity index (χ3n) is 5.66. The molecule has 6 aromatic heterocycles. The van der Waals surface area contributed by atoms with E-state index in [-0.39, 0.29) is 0 Å². The number of hydrogen-bond acceptors (Lipinski definition) is 7. The van der Waals surface area contributed by atoms with Gasteiger partial charge in [-0.3, -0.25) is 0 Å². The Morgan fingerprint density at radius 2 is 0.818 bits per heavy atom. The van der Waals surface area contributed by atoms with Crippen LogP contribution in [0.2, 0.25) is 0 Å². The number of nitrogens with zero attached hydrogens (tertiary/aromatic N) is 10. The lowest BCUT2D eigenvalue weighted by Crippen LogP contribution is -2.06. The van der Waals surface area contributed by atoms with Crippen molar-refractivity contribution < 1.29 is 0 Å². The summed E-state index contributed by atoms with van der Waals surface area (Å²) in [5.41, 5.74) is 7.81. The van der Waals surface area contributed by atoms with E-state index in [0.29, 0.717) is 0 Å². The van der Waals surface area contributed by atoms with Crippen LogP contribution in [0.3, 0.4) is 0 Å². The van der Waals surface area contributed by atoms with E-state index < -0.39 is 0 Å². The zero-order valence-electron chi connectivity index (χ0n) is 17.1. The second-order valence-electron chi connectivity index (χ2n) is 7.50. The lowest BCUT2D eigenvalue weighted by molar-refractivity contribution is 0.829. The van der Waals surface area contributed by atoms with E-state index in [0.717, 1.165) is 50.3 Å². The summed E-state index contributed by atoms with van der Waals surface area (Å²) in [5.74, 6) is 0. The van der Waals surface area contributed by atoms with Gasteiger partial charge in [0.2, 0.25) is 0 Å². The van der Waals surface area contributed by atoms with E-state index >= 15 is 0 Å². The molecule has 0 aliphatic carbocycles. The van der Waals surface area contributed by atoms with Crippen LogP contribution in [0.15, 0.2) is 86.4 Å². The fourth-order valence-corrected chi connectivity index (χ4v) is 4.21. The average molecular weight is 430 g/mol. The van der Waals surface area contributed by atoms with Crippen LogP contribution in [0.4, 0.5) is 0 Å². The standard InChI is InChI=1S/C23H14N10/c1-2-4-15(5-3-1)18-10-28-31-21(18)32-23(19(11-29-32)16-6-24-13-25-7-16)33-22(31)20(12-30-33)17-8-26-14-27-9-17/h1-14H. The predicted molar refractivity (Wildman–Crippen MR) is 120 cm³/mol. The first-order chi connectivity index (χ1) is 16.4. The molecule has 7 aromatic rings. The summed E-state index contributed by atoms with van der Waals surface area (Å²) < 4.78 is 5.57. The number of aromatic nitrogens is 10. The molecule has 10 heteroatoms. The summed E-state index contributed by atoms with van der Waals surface area (Å²) in [4.78, 5) is 16.7. The Labute approximate surface area is 185 Å². The van der Waals surface area contributed by atoms with E-state index in [9.17, 15) is 0 Å². The molecule has 0 aliphatic heterocycles. The first-order valence-corrected chi connectivity index (χ1v) is 10.2. The van der Waals surface area contributed by atoms with E-state index in [4.69, 9.17) is 15.3 Å². The topological polar surface area (TPSA) is 103 Å². The van der Waals surface area contributed by atoms with E-state index in [1.165, 1.54) is 12.7 Å². The number of rotatable bonds is 3. The Kier molecular flexibility index (Phi) is 3.62. The minimum Gasteiger partial charge on any atom is -0.244 e. The second kappa shape index (κ2) is 6.76. The highest BCUT2D eigenvalue weighted by Gasteiger charge is 2.22. The molecule has 0 aliphatic rings. The molecule has 0 atom stereocenters. The summed E-state index contributed by atoms with van der Waals surface area (Å²) in [6.07, 6.45) is 15.6. The minimum atomic E-state index is 0.785. The van der Waals surface area contributed by atoms with Gasteiger partial charge in [0.1, 0.15) is 12.7 Å². The zero-order chi connectivity index (χ0) is 21.8. The maximum Gasteiger partial charge on any atom is 0.169 e. The Morgan fingerprint density at radius 1 is 0.424 bits per heavy atom. The van der Waals surface area contributed by atoms with Crippen LogP contribution in [0, 0.1) is 0 Å². The van der Waals surface area contributed by atoms with E-state index in [2.05, 4.69) is 32.1 Å². The van der Waals surface area contributed by atoms with E-state index in [1.54, 1.807) is 31.0 Å². The molecule has 156 valence electrons. The number of fused-ring (bicyclic) bond motifs is 6. The van der Waals surface area contributed by atoms with Crippen LogP contribution < -0.4 is 0 Å². The summed E-state index contributed by atoms with van der Waals surface area (Å²) in [7, 11) is 0. The van der Waals surface area contributed by atoms with Crippen molar-refractivity contribution in [2.24, 2.45) is 0 Å². The lowest BCUT2D eigenvalue weighted by Gasteiger charge is -2.08. The van der Waals surface area contributed by atoms with Crippen molar-refractivity contribution in [3.05, 3.63) is 86.4 Å². The van der Waals surface area contributed by atoms with Crippen LogP contribution >= 0.6 is 0 Å². The Hall–Kier alpha value is -4.99. The molecule has 0 unspecified atom stereocenters. The average Bonchev–Trinajstić information content (AvgIpc) is 3.61. The molecule has 0 bridgehead atoms. The molecule has 0 spiro atoms. The molecule has 0 radical (unpaired) electrons. The maximum atomic E-state index is 4.74. The molecular formula is C23H14N10. The molecule has 6 heterocycles. The molecule has 0 saturated heterocycles. The van der Waals surface area contributed by atoms with Crippen LogP contribution in [0.25, 0.3) is 50.3 Å². The highest BCUT2D eigenvalue weighted by Crippen LogP contribution is 2.33. The molecule has 0 fully saturated rings. The van der Waals surface area contributed by atoms with Gasteiger partial charge >= 0.3 is 0 Å². The third-order valence-corrected chi connectivity index (χ3v) is 5.66. The van der Waals surface area contributed by atoms with Gasteiger partial charge in [0.05, 0.1) is 18.6 Å². The Bertz CT molecular complexity index is 1510. The quantitative estimate of drug-likeness (QED) is 0.424. The second-order valence-corrected chi connectivity index (χ2v) is 7.50. The first-order valence-electron chi connectivity index (χ1n) is 10.2. The van der Waals surface area contributed by atoms with Gasteiger partial charge in [0.25, 0.3) is 0 Å². The Balaban J connectivity index is 1.68.